The van der Waals surface area contributed by atoms with Gasteiger partial charge in [-0.15, -0.1) is 0 Å². The van der Waals surface area contributed by atoms with Gasteiger partial charge in [0.1, 0.15) is 5.82 Å². The highest BCUT2D eigenvalue weighted by Gasteiger charge is 2.53. The number of halogens is 1. The van der Waals surface area contributed by atoms with E-state index in [9.17, 15) is 19.1 Å². The third-order valence-corrected chi connectivity index (χ3v) is 4.60. The average molecular weight is 277 g/mol. The van der Waals surface area contributed by atoms with Gasteiger partial charge in [-0.25, -0.2) is 4.39 Å². The number of aliphatic carboxylic acids is 1. The summed E-state index contributed by atoms with van der Waals surface area (Å²) in [6, 6.07) is 5.65. The van der Waals surface area contributed by atoms with Crippen molar-refractivity contribution in [1.29, 1.82) is 0 Å². The lowest BCUT2D eigenvalue weighted by Gasteiger charge is -2.27. The Hall–Kier alpha value is -1.91. The molecule has 2 aliphatic rings. The molecule has 0 spiro atoms. The summed E-state index contributed by atoms with van der Waals surface area (Å²) < 4.78 is 13.1. The fraction of sp³-hybridized carbons (Fsp3) is 0.467. The number of rotatable bonds is 3. The summed E-state index contributed by atoms with van der Waals surface area (Å²) in [5.74, 6) is -2.44. The minimum Gasteiger partial charge on any atom is -0.481 e. The molecule has 2 bridgehead atoms. The summed E-state index contributed by atoms with van der Waals surface area (Å²) in [4.78, 5) is 23.7. The van der Waals surface area contributed by atoms with Gasteiger partial charge in [0.2, 0.25) is 5.91 Å². The van der Waals surface area contributed by atoms with Crippen LogP contribution >= 0.6 is 0 Å². The summed E-state index contributed by atoms with van der Waals surface area (Å²) >= 11 is 0. The van der Waals surface area contributed by atoms with E-state index in [1.54, 1.807) is 6.07 Å². The maximum atomic E-state index is 13.1. The van der Waals surface area contributed by atoms with Crippen molar-refractivity contribution in [3.8, 4) is 0 Å². The van der Waals surface area contributed by atoms with E-state index in [0.29, 0.717) is 5.69 Å². The topological polar surface area (TPSA) is 66.4 Å². The molecule has 4 atom stereocenters. The first-order valence-electron chi connectivity index (χ1n) is 6.85. The van der Waals surface area contributed by atoms with Crippen LogP contribution in [0.1, 0.15) is 19.3 Å². The first-order valence-corrected chi connectivity index (χ1v) is 6.85. The molecule has 1 amide bonds. The maximum Gasteiger partial charge on any atom is 0.307 e. The zero-order chi connectivity index (χ0) is 14.3. The Labute approximate surface area is 116 Å². The summed E-state index contributed by atoms with van der Waals surface area (Å²) in [6.45, 7) is 0. The zero-order valence-corrected chi connectivity index (χ0v) is 10.9. The first-order chi connectivity index (χ1) is 9.56. The minimum absolute atomic E-state index is 0.112. The molecule has 1 aromatic carbocycles. The quantitative estimate of drug-likeness (QED) is 0.892. The van der Waals surface area contributed by atoms with Gasteiger partial charge >= 0.3 is 5.97 Å². The van der Waals surface area contributed by atoms with Crippen LogP contribution < -0.4 is 5.32 Å². The molecule has 0 radical (unpaired) electrons. The number of hydrogen-bond acceptors (Lipinski definition) is 2. The fourth-order valence-electron chi connectivity index (χ4n) is 3.82. The van der Waals surface area contributed by atoms with Crippen LogP contribution in [0.25, 0.3) is 0 Å². The van der Waals surface area contributed by atoms with E-state index < -0.39 is 23.6 Å². The van der Waals surface area contributed by atoms with Crippen LogP contribution in [0.4, 0.5) is 10.1 Å². The lowest BCUT2D eigenvalue weighted by molar-refractivity contribution is -0.148. The van der Waals surface area contributed by atoms with E-state index in [1.165, 1.54) is 18.2 Å². The summed E-state index contributed by atoms with van der Waals surface area (Å²) in [5, 5.41) is 12.0. The van der Waals surface area contributed by atoms with Crippen molar-refractivity contribution in [2.75, 3.05) is 5.32 Å². The van der Waals surface area contributed by atoms with Crippen LogP contribution in [-0.4, -0.2) is 17.0 Å². The second kappa shape index (κ2) is 4.89. The summed E-state index contributed by atoms with van der Waals surface area (Å²) in [7, 11) is 0. The van der Waals surface area contributed by atoms with Gasteiger partial charge in [-0.05, 0) is 49.3 Å². The lowest BCUT2D eigenvalue weighted by Crippen LogP contribution is -2.37. The van der Waals surface area contributed by atoms with Crippen molar-refractivity contribution < 1.29 is 19.1 Å². The van der Waals surface area contributed by atoms with Crippen LogP contribution in [0.3, 0.4) is 0 Å². The molecule has 4 unspecified atom stereocenters. The number of fused-ring (bicyclic) bond motifs is 2. The molecule has 20 heavy (non-hydrogen) atoms. The standard InChI is InChI=1S/C15H16FNO3/c16-10-2-1-3-11(7-10)17-14(18)12-8-4-5-9(6-8)13(12)15(19)20/h1-3,7-9,12-13H,4-6H2,(H,17,18)(H,19,20). The number of benzene rings is 1. The van der Waals surface area contributed by atoms with Crippen LogP contribution in [0.5, 0.6) is 0 Å². The number of anilines is 1. The highest BCUT2D eigenvalue weighted by Crippen LogP contribution is 2.52. The Bertz CT molecular complexity index is 560. The molecule has 2 N–H and O–H groups in total. The second-order valence-corrected chi connectivity index (χ2v) is 5.72. The molecule has 4 nitrogen and oxygen atoms in total. The monoisotopic (exact) mass is 277 g/mol. The van der Waals surface area contributed by atoms with Crippen molar-refractivity contribution in [1.82, 2.24) is 0 Å². The SMILES string of the molecule is O=C(O)C1C2CCC(C2)C1C(=O)Nc1cccc(F)c1. The number of carboxylic acid groups (broad SMARTS) is 1. The minimum atomic E-state index is -0.892. The highest BCUT2D eigenvalue weighted by molar-refractivity contribution is 5.96. The average Bonchev–Trinajstić information content (AvgIpc) is 2.98. The second-order valence-electron chi connectivity index (χ2n) is 5.72. The molecule has 5 heteroatoms. The predicted octanol–water partition coefficient (Wildman–Crippen LogP) is 2.51. The zero-order valence-electron chi connectivity index (χ0n) is 10.9. The number of nitrogens with one attached hydrogen (secondary N) is 1. The van der Waals surface area contributed by atoms with Gasteiger partial charge in [0.25, 0.3) is 0 Å². The molecule has 0 saturated heterocycles. The van der Waals surface area contributed by atoms with Crippen molar-refractivity contribution in [3.63, 3.8) is 0 Å². The Morgan fingerprint density at radius 1 is 1.20 bits per heavy atom. The number of carboxylic acids is 1. The van der Waals surface area contributed by atoms with Gasteiger partial charge in [-0.2, -0.15) is 0 Å². The fourth-order valence-corrected chi connectivity index (χ4v) is 3.82. The van der Waals surface area contributed by atoms with Crippen LogP contribution in [0.15, 0.2) is 24.3 Å². The van der Waals surface area contributed by atoms with E-state index >= 15 is 0 Å². The molecule has 2 saturated carbocycles. The molecule has 0 aliphatic heterocycles. The molecule has 106 valence electrons. The Kier molecular flexibility index (Phi) is 3.20. The molecular formula is C15H16FNO3. The van der Waals surface area contributed by atoms with Crippen molar-refractivity contribution in [2.45, 2.75) is 19.3 Å². The summed E-state index contributed by atoms with van der Waals surface area (Å²) in [6.07, 6.45) is 2.62. The lowest BCUT2D eigenvalue weighted by atomic mass is 9.78. The van der Waals surface area contributed by atoms with Crippen molar-refractivity contribution >= 4 is 17.6 Å². The van der Waals surface area contributed by atoms with E-state index in [-0.39, 0.29) is 17.7 Å². The largest absolute Gasteiger partial charge is 0.481 e. The number of carbonyl (C=O) groups is 2. The van der Waals surface area contributed by atoms with Gasteiger partial charge in [-0.3, -0.25) is 9.59 Å². The Balaban J connectivity index is 1.78. The Morgan fingerprint density at radius 2 is 1.90 bits per heavy atom. The van der Waals surface area contributed by atoms with Gasteiger partial charge in [0.05, 0.1) is 11.8 Å². The normalized spacial score (nSPS) is 31.2. The van der Waals surface area contributed by atoms with Crippen molar-refractivity contribution in [2.24, 2.45) is 23.7 Å². The predicted molar refractivity (Wildman–Crippen MR) is 70.5 cm³/mol. The number of carbonyl (C=O) groups excluding carboxylic acids is 1. The third kappa shape index (κ3) is 2.17. The molecule has 1 aromatic rings. The van der Waals surface area contributed by atoms with Gasteiger partial charge in [0, 0.05) is 5.69 Å². The van der Waals surface area contributed by atoms with Gasteiger partial charge in [0.15, 0.2) is 0 Å². The molecule has 3 rings (SSSR count). The van der Waals surface area contributed by atoms with E-state index in [2.05, 4.69) is 5.32 Å². The van der Waals surface area contributed by atoms with Crippen LogP contribution in [0, 0.1) is 29.5 Å². The first kappa shape index (κ1) is 13.1. The highest BCUT2D eigenvalue weighted by atomic mass is 19.1. The maximum absolute atomic E-state index is 13.1. The Morgan fingerprint density at radius 3 is 2.55 bits per heavy atom. The molecule has 2 fully saturated rings. The van der Waals surface area contributed by atoms with Crippen LogP contribution in [0.2, 0.25) is 0 Å². The molecule has 0 aromatic heterocycles. The smallest absolute Gasteiger partial charge is 0.307 e. The van der Waals surface area contributed by atoms with Gasteiger partial charge < -0.3 is 10.4 Å². The van der Waals surface area contributed by atoms with Crippen LogP contribution in [-0.2, 0) is 9.59 Å². The molecular weight excluding hydrogens is 261 g/mol. The van der Waals surface area contributed by atoms with E-state index in [0.717, 1.165) is 19.3 Å². The van der Waals surface area contributed by atoms with E-state index in [1.807, 2.05) is 0 Å². The molecule has 2 aliphatic carbocycles. The van der Waals surface area contributed by atoms with E-state index in [4.69, 9.17) is 0 Å². The number of hydrogen-bond donors (Lipinski definition) is 2. The number of amides is 1. The van der Waals surface area contributed by atoms with Gasteiger partial charge in [-0.1, -0.05) is 6.07 Å². The van der Waals surface area contributed by atoms with Crippen molar-refractivity contribution in [3.05, 3.63) is 30.1 Å². The molecule has 0 heterocycles. The summed E-state index contributed by atoms with van der Waals surface area (Å²) in [5.41, 5.74) is 0.377. The third-order valence-electron chi connectivity index (χ3n) is 4.60.